The van der Waals surface area contributed by atoms with Crippen LogP contribution in [0.3, 0.4) is 0 Å². The Balaban J connectivity index is 4.70. The molecule has 3 nitrogen and oxygen atoms in total. The second kappa shape index (κ2) is 4.07. The van der Waals surface area contributed by atoms with Gasteiger partial charge in [0.1, 0.15) is 0 Å². The summed E-state index contributed by atoms with van der Waals surface area (Å²) in [6.45, 7) is 5.68. The fraction of sp³-hybridized carbons (Fsp3) is 1.00. The van der Waals surface area contributed by atoms with Crippen LogP contribution in [0.4, 0.5) is 0 Å². The molecule has 0 atom stereocenters. The van der Waals surface area contributed by atoms with Crippen molar-refractivity contribution in [3.63, 3.8) is 0 Å². The zero-order chi connectivity index (χ0) is 9.12. The minimum absolute atomic E-state index is 0.702. The van der Waals surface area contributed by atoms with Gasteiger partial charge in [0.2, 0.25) is 0 Å². The van der Waals surface area contributed by atoms with Gasteiger partial charge < -0.3 is 0 Å². The van der Waals surface area contributed by atoms with Gasteiger partial charge in [-0.15, -0.1) is 0 Å². The summed E-state index contributed by atoms with van der Waals surface area (Å²) in [4.78, 5) is 18.2. The number of hydrogen-bond donors (Lipinski definition) is 2. The standard InChI is InChI=1S/3C2H5.Cr.HO3P/c3*1-2;;1-4(2)3/h3*1H2,2H3;;(H-,1,2,3)/q;;;-1;/p+1. The Morgan fingerprint density at radius 1 is 1.09 bits per heavy atom. The van der Waals surface area contributed by atoms with Crippen molar-refractivity contribution in [1.82, 2.24) is 0 Å². The number of rotatable bonds is 4. The first-order valence-electron chi connectivity index (χ1n) is 3.75. The summed E-state index contributed by atoms with van der Waals surface area (Å²) in [7, 11) is 0. The maximum absolute atomic E-state index is 11.1. The predicted octanol–water partition coefficient (Wildman–Crippen LogP) is 2.55. The van der Waals surface area contributed by atoms with Crippen LogP contribution in [0.5, 0.6) is 0 Å². The van der Waals surface area contributed by atoms with E-state index in [0.717, 1.165) is 0 Å². The zero-order valence-electron chi connectivity index (χ0n) is 7.28. The average molecular weight is 220 g/mol. The molecule has 2 N–H and O–H groups in total. The molecule has 0 saturated carbocycles. The summed E-state index contributed by atoms with van der Waals surface area (Å²) in [6, 6.07) is 0. The van der Waals surface area contributed by atoms with Gasteiger partial charge in [-0.25, -0.2) is 0 Å². The van der Waals surface area contributed by atoms with Crippen molar-refractivity contribution in [2.45, 2.75) is 36.6 Å². The number of hydrogen-bond acceptors (Lipinski definition) is 1. The summed E-state index contributed by atoms with van der Waals surface area (Å²) in [5.74, 6) is 0. The van der Waals surface area contributed by atoms with E-state index >= 15 is 0 Å². The van der Waals surface area contributed by atoms with Crippen LogP contribution >= 0.6 is 6.24 Å². The molecule has 0 spiro atoms. The topological polar surface area (TPSA) is 57.5 Å². The van der Waals surface area contributed by atoms with Crippen LogP contribution in [-0.4, -0.2) is 9.79 Å². The molecule has 0 aromatic carbocycles. The van der Waals surface area contributed by atoms with E-state index in [0.29, 0.717) is 15.8 Å². The summed E-state index contributed by atoms with van der Waals surface area (Å²) >= 11 is -2.44. The normalized spacial score (nSPS) is 15.0. The van der Waals surface area contributed by atoms with Crippen molar-refractivity contribution >= 4 is 6.24 Å². The molecule has 0 radical (unpaired) electrons. The van der Waals surface area contributed by atoms with Crippen molar-refractivity contribution in [2.75, 3.05) is 0 Å². The molecule has 0 fully saturated rings. The molecule has 0 aliphatic heterocycles. The van der Waals surface area contributed by atoms with Gasteiger partial charge in [-0.2, -0.15) is 0 Å². The fourth-order valence-electron chi connectivity index (χ4n) is 1.12. The van der Waals surface area contributed by atoms with E-state index in [1.165, 1.54) is 0 Å². The van der Waals surface area contributed by atoms with E-state index in [4.69, 9.17) is 9.79 Å². The first kappa shape index (κ1) is 11.7. The second-order valence-corrected chi connectivity index (χ2v) is 14.6. The Labute approximate surface area is 70.3 Å². The van der Waals surface area contributed by atoms with Crippen LogP contribution in [0.25, 0.3) is 0 Å². The van der Waals surface area contributed by atoms with Crippen LogP contribution in [0, 0.1) is 0 Å². The van der Waals surface area contributed by atoms with Gasteiger partial charge in [0.25, 0.3) is 0 Å². The molecule has 0 rings (SSSR count). The predicted molar refractivity (Wildman–Crippen MR) is 43.5 cm³/mol. The molecule has 0 bridgehead atoms. The Hall–Kier alpha value is 0.682. The van der Waals surface area contributed by atoms with Crippen LogP contribution < -0.4 is 0 Å². The first-order valence-corrected chi connectivity index (χ1v) is 9.70. The Bertz CT molecular complexity index is 153. The molecule has 0 aromatic heterocycles. The van der Waals surface area contributed by atoms with Gasteiger partial charge in [0.15, 0.2) is 0 Å². The summed E-state index contributed by atoms with van der Waals surface area (Å²) < 4.78 is 11.1. The molecule has 11 heavy (non-hydrogen) atoms. The molecule has 70 valence electrons. The fourth-order valence-corrected chi connectivity index (χ4v) is 8.77. The molecule has 0 aliphatic carbocycles. The van der Waals surface area contributed by atoms with Gasteiger partial charge in [-0.1, -0.05) is 0 Å². The van der Waals surface area contributed by atoms with E-state index < -0.39 is 18.9 Å². The Kier molecular flexibility index (Phi) is 4.32. The third kappa shape index (κ3) is 2.31. The van der Waals surface area contributed by atoms with Crippen molar-refractivity contribution < 1.29 is 27.0 Å². The first-order chi connectivity index (χ1) is 4.93. The second-order valence-electron chi connectivity index (χ2n) is 2.36. The van der Waals surface area contributed by atoms with Gasteiger partial charge >= 0.3 is 69.8 Å². The van der Waals surface area contributed by atoms with E-state index in [2.05, 4.69) is 0 Å². The summed E-state index contributed by atoms with van der Waals surface area (Å²) in [5.41, 5.74) is 0. The molecule has 0 heterocycles. The van der Waals surface area contributed by atoms with Gasteiger partial charge in [-0.3, -0.25) is 0 Å². The molecule has 0 aromatic rings. The van der Waals surface area contributed by atoms with Crippen LogP contribution in [0.15, 0.2) is 0 Å². The Morgan fingerprint density at radius 2 is 1.36 bits per heavy atom. The quantitative estimate of drug-likeness (QED) is 0.716. The SMILES string of the molecule is C[CH2][Cr]([CH2]C)([CH2]C)[P](=O)(O)O. The van der Waals surface area contributed by atoms with Crippen molar-refractivity contribution in [3.8, 4) is 0 Å². The molecule has 0 saturated heterocycles. The molecular weight excluding hydrogens is 203 g/mol. The minimum atomic E-state index is -3.75. The monoisotopic (exact) mass is 220 g/mol. The van der Waals surface area contributed by atoms with Crippen molar-refractivity contribution in [1.29, 1.82) is 0 Å². The van der Waals surface area contributed by atoms with E-state index in [1.807, 2.05) is 20.8 Å². The van der Waals surface area contributed by atoms with E-state index in [-0.39, 0.29) is 0 Å². The molecule has 0 aliphatic rings. The molecule has 0 unspecified atom stereocenters. The van der Waals surface area contributed by atoms with Gasteiger partial charge in [-0.05, 0) is 0 Å². The van der Waals surface area contributed by atoms with Gasteiger partial charge in [0, 0.05) is 0 Å². The Morgan fingerprint density at radius 3 is 1.36 bits per heavy atom. The van der Waals surface area contributed by atoms with Crippen LogP contribution in [-0.2, 0) is 17.2 Å². The summed E-state index contributed by atoms with van der Waals surface area (Å²) in [5, 5.41) is 2.11. The van der Waals surface area contributed by atoms with Crippen LogP contribution in [0.2, 0.25) is 15.8 Å². The third-order valence-electron chi connectivity index (χ3n) is 2.12. The third-order valence-corrected chi connectivity index (χ3v) is 16.1. The van der Waals surface area contributed by atoms with Crippen molar-refractivity contribution in [3.05, 3.63) is 0 Å². The molecule has 0 amide bonds. The summed E-state index contributed by atoms with van der Waals surface area (Å²) in [6.07, 6.45) is -3.75. The average Bonchev–Trinajstić information content (AvgIpc) is 1.90. The van der Waals surface area contributed by atoms with Crippen molar-refractivity contribution in [2.24, 2.45) is 0 Å². The molecular formula is C6H17CrO3P. The van der Waals surface area contributed by atoms with Crippen LogP contribution in [0.1, 0.15) is 20.8 Å². The van der Waals surface area contributed by atoms with Gasteiger partial charge in [0.05, 0.1) is 0 Å². The van der Waals surface area contributed by atoms with E-state index in [9.17, 15) is 4.57 Å². The zero-order valence-corrected chi connectivity index (χ0v) is 9.45. The molecule has 5 heteroatoms. The maximum atomic E-state index is 11.1. The van der Waals surface area contributed by atoms with E-state index in [1.54, 1.807) is 0 Å².